The summed E-state index contributed by atoms with van der Waals surface area (Å²) in [4.78, 5) is 0. The maximum Gasteiger partial charge on any atom is 0.195 e. The molecule has 1 unspecified atom stereocenters. The van der Waals surface area contributed by atoms with Gasteiger partial charge in [0.05, 0.1) is 0 Å². The van der Waals surface area contributed by atoms with E-state index in [1.807, 2.05) is 11.8 Å². The minimum Gasteiger partial charge on any atom is -0.304 e. The van der Waals surface area contributed by atoms with E-state index in [9.17, 15) is 0 Å². The van der Waals surface area contributed by atoms with Gasteiger partial charge >= 0.3 is 0 Å². The van der Waals surface area contributed by atoms with Gasteiger partial charge in [0.1, 0.15) is 5.82 Å². The predicted octanol–water partition coefficient (Wildman–Crippen LogP) is 2.82. The van der Waals surface area contributed by atoms with Gasteiger partial charge in [0.25, 0.3) is 0 Å². The summed E-state index contributed by atoms with van der Waals surface area (Å²) in [5.74, 6) is 4.87. The molecule has 0 radical (unpaired) electrons. The Bertz CT molecular complexity index is 374. The second-order valence-electron chi connectivity index (χ2n) is 4.38. The van der Waals surface area contributed by atoms with E-state index in [2.05, 4.69) is 28.6 Å². The van der Waals surface area contributed by atoms with E-state index < -0.39 is 0 Å². The van der Waals surface area contributed by atoms with E-state index in [0.29, 0.717) is 5.92 Å². The Morgan fingerprint density at radius 1 is 1.67 bits per heavy atom. The molecule has 3 nitrogen and oxygen atoms in total. The van der Waals surface area contributed by atoms with Gasteiger partial charge in [-0.15, -0.1) is 0 Å². The van der Waals surface area contributed by atoms with Crippen LogP contribution in [0.3, 0.4) is 0 Å². The van der Waals surface area contributed by atoms with Gasteiger partial charge < -0.3 is 4.57 Å². The molecule has 2 heterocycles. The molecule has 15 heavy (non-hydrogen) atoms. The summed E-state index contributed by atoms with van der Waals surface area (Å²) in [6, 6.07) is 0. The summed E-state index contributed by atoms with van der Waals surface area (Å²) < 4.78 is 2.95. The van der Waals surface area contributed by atoms with Crippen LogP contribution in [0.25, 0.3) is 0 Å². The van der Waals surface area contributed by atoms with Crippen molar-refractivity contribution in [1.29, 1.82) is 0 Å². The molecule has 1 saturated heterocycles. The van der Waals surface area contributed by atoms with Crippen LogP contribution in [-0.4, -0.2) is 26.3 Å². The van der Waals surface area contributed by atoms with Crippen molar-refractivity contribution in [3.05, 3.63) is 10.6 Å². The number of nitrogens with zero attached hydrogens (tertiary/aromatic N) is 2. The van der Waals surface area contributed by atoms with Crippen molar-refractivity contribution in [2.75, 3.05) is 11.5 Å². The zero-order valence-corrected chi connectivity index (χ0v) is 10.8. The lowest BCUT2D eigenvalue weighted by Gasteiger charge is -2.12. The quantitative estimate of drug-likeness (QED) is 0.829. The zero-order valence-electron chi connectivity index (χ0n) is 9.19. The van der Waals surface area contributed by atoms with Crippen LogP contribution in [0.2, 0.25) is 0 Å². The lowest BCUT2D eigenvalue weighted by molar-refractivity contribution is 0.469. The first-order valence-corrected chi connectivity index (χ1v) is 6.97. The van der Waals surface area contributed by atoms with Crippen molar-refractivity contribution in [3.63, 3.8) is 0 Å². The molecule has 1 aromatic rings. The molecule has 0 amide bonds. The van der Waals surface area contributed by atoms with Gasteiger partial charge in [-0.2, -0.15) is 16.9 Å². The average molecular weight is 243 g/mol. The second-order valence-corrected chi connectivity index (χ2v) is 5.92. The number of H-pyrrole nitrogens is 1. The van der Waals surface area contributed by atoms with Crippen LogP contribution in [0.5, 0.6) is 0 Å². The van der Waals surface area contributed by atoms with Crippen LogP contribution in [0.15, 0.2) is 0 Å². The third kappa shape index (κ3) is 2.45. The first-order valence-electron chi connectivity index (χ1n) is 5.41. The lowest BCUT2D eigenvalue weighted by atomic mass is 10.1. The Morgan fingerprint density at radius 2 is 2.47 bits per heavy atom. The molecule has 84 valence electrons. The van der Waals surface area contributed by atoms with Gasteiger partial charge in [0.2, 0.25) is 0 Å². The zero-order chi connectivity index (χ0) is 10.8. The van der Waals surface area contributed by atoms with Gasteiger partial charge in [-0.05, 0) is 36.1 Å². The van der Waals surface area contributed by atoms with Crippen molar-refractivity contribution in [2.24, 2.45) is 5.92 Å². The Morgan fingerprint density at radius 3 is 3.07 bits per heavy atom. The molecule has 0 saturated carbocycles. The number of aromatic nitrogens is 3. The van der Waals surface area contributed by atoms with Crippen molar-refractivity contribution in [1.82, 2.24) is 14.8 Å². The summed E-state index contributed by atoms with van der Waals surface area (Å²) in [7, 11) is 0. The van der Waals surface area contributed by atoms with Crippen LogP contribution >= 0.6 is 24.0 Å². The first-order chi connectivity index (χ1) is 7.18. The van der Waals surface area contributed by atoms with Gasteiger partial charge in [0.15, 0.2) is 4.77 Å². The lowest BCUT2D eigenvalue weighted by Crippen LogP contribution is -2.13. The van der Waals surface area contributed by atoms with Crippen molar-refractivity contribution in [3.8, 4) is 0 Å². The number of nitrogens with one attached hydrogen (secondary N) is 1. The van der Waals surface area contributed by atoms with Gasteiger partial charge in [-0.25, -0.2) is 0 Å². The Hall–Kier alpha value is -0.290. The van der Waals surface area contributed by atoms with Gasteiger partial charge in [0, 0.05) is 12.5 Å². The van der Waals surface area contributed by atoms with E-state index in [1.54, 1.807) is 0 Å². The number of hydrogen-bond acceptors (Lipinski definition) is 3. The molecule has 1 N–H and O–H groups in total. The molecule has 1 aliphatic rings. The van der Waals surface area contributed by atoms with Crippen LogP contribution < -0.4 is 0 Å². The first kappa shape index (κ1) is 11.2. The SMILES string of the molecule is CC(C)c1n[nH]c(=S)n1CC1CCSC1. The number of hydrogen-bond donors (Lipinski definition) is 1. The molecule has 2 rings (SSSR count). The predicted molar refractivity (Wildman–Crippen MR) is 66.9 cm³/mol. The van der Waals surface area contributed by atoms with E-state index in [4.69, 9.17) is 12.2 Å². The summed E-state index contributed by atoms with van der Waals surface area (Å²) in [6.45, 7) is 5.35. The van der Waals surface area contributed by atoms with Crippen molar-refractivity contribution >= 4 is 24.0 Å². The van der Waals surface area contributed by atoms with Crippen LogP contribution in [0.1, 0.15) is 32.0 Å². The second kappa shape index (κ2) is 4.70. The highest BCUT2D eigenvalue weighted by molar-refractivity contribution is 7.99. The Balaban J connectivity index is 2.18. The van der Waals surface area contributed by atoms with Crippen LogP contribution in [0.4, 0.5) is 0 Å². The Kier molecular flexibility index (Phi) is 3.51. The van der Waals surface area contributed by atoms with E-state index in [1.165, 1.54) is 17.9 Å². The standard InChI is InChI=1S/C10H17N3S2/c1-7(2)9-11-12-10(14)13(9)5-8-3-4-15-6-8/h7-8H,3-6H2,1-2H3,(H,12,14). The molecule has 1 aliphatic heterocycles. The highest BCUT2D eigenvalue weighted by Crippen LogP contribution is 2.26. The molecule has 0 aromatic carbocycles. The highest BCUT2D eigenvalue weighted by atomic mass is 32.2. The van der Waals surface area contributed by atoms with Gasteiger partial charge in [-0.3, -0.25) is 5.10 Å². The topological polar surface area (TPSA) is 33.6 Å². The fourth-order valence-electron chi connectivity index (χ4n) is 1.93. The minimum atomic E-state index is 0.437. The monoisotopic (exact) mass is 243 g/mol. The van der Waals surface area contributed by atoms with Crippen molar-refractivity contribution < 1.29 is 0 Å². The van der Waals surface area contributed by atoms with Gasteiger partial charge in [-0.1, -0.05) is 13.8 Å². The minimum absolute atomic E-state index is 0.437. The molecule has 5 heteroatoms. The summed E-state index contributed by atoms with van der Waals surface area (Å²) in [5, 5.41) is 7.20. The summed E-state index contributed by atoms with van der Waals surface area (Å²) in [6.07, 6.45) is 1.31. The molecule has 1 atom stereocenters. The molecule has 1 fully saturated rings. The summed E-state index contributed by atoms with van der Waals surface area (Å²) >= 11 is 7.31. The number of rotatable bonds is 3. The third-order valence-corrected chi connectivity index (χ3v) is 4.31. The van der Waals surface area contributed by atoms with E-state index >= 15 is 0 Å². The molecular weight excluding hydrogens is 226 g/mol. The maximum atomic E-state index is 5.26. The van der Waals surface area contributed by atoms with Crippen LogP contribution in [-0.2, 0) is 6.54 Å². The molecule has 1 aromatic heterocycles. The average Bonchev–Trinajstić information content (AvgIpc) is 2.78. The Labute approximate surface area is 99.7 Å². The van der Waals surface area contributed by atoms with Crippen LogP contribution in [0, 0.1) is 10.7 Å². The highest BCUT2D eigenvalue weighted by Gasteiger charge is 2.19. The fraction of sp³-hybridized carbons (Fsp3) is 0.800. The normalized spacial score (nSPS) is 21.4. The maximum absolute atomic E-state index is 5.26. The van der Waals surface area contributed by atoms with Crippen molar-refractivity contribution in [2.45, 2.75) is 32.7 Å². The summed E-state index contributed by atoms with van der Waals surface area (Å²) in [5.41, 5.74) is 0. The van der Waals surface area contributed by atoms with E-state index in [-0.39, 0.29) is 0 Å². The fourth-order valence-corrected chi connectivity index (χ4v) is 3.42. The molecule has 0 bridgehead atoms. The third-order valence-electron chi connectivity index (χ3n) is 2.77. The molecular formula is C10H17N3S2. The molecule has 0 aliphatic carbocycles. The molecule has 0 spiro atoms. The number of thioether (sulfide) groups is 1. The number of aromatic amines is 1. The smallest absolute Gasteiger partial charge is 0.195 e. The van der Waals surface area contributed by atoms with E-state index in [0.717, 1.165) is 23.1 Å². The largest absolute Gasteiger partial charge is 0.304 e.